The molecule has 1 N–H and O–H groups in total. The molecule has 0 saturated heterocycles. The zero-order chi connectivity index (χ0) is 19.3. The third kappa shape index (κ3) is 4.15. The minimum Gasteiger partial charge on any atom is -0.368 e. The van der Waals surface area contributed by atoms with Crippen molar-refractivity contribution >= 4 is 29.0 Å². The van der Waals surface area contributed by atoms with E-state index in [0.29, 0.717) is 24.6 Å². The number of hydrogen-bond acceptors (Lipinski definition) is 4. The summed E-state index contributed by atoms with van der Waals surface area (Å²) in [6, 6.07) is 15.8. The lowest BCUT2D eigenvalue weighted by atomic mass is 10.0. The Labute approximate surface area is 169 Å². The molecule has 142 valence electrons. The first-order chi connectivity index (χ1) is 13.7. The first-order valence-corrected chi connectivity index (χ1v) is 9.78. The average molecular weight is 393 g/mol. The van der Waals surface area contributed by atoms with Gasteiger partial charge in [0, 0.05) is 23.8 Å². The van der Waals surface area contributed by atoms with Crippen molar-refractivity contribution < 1.29 is 4.79 Å². The van der Waals surface area contributed by atoms with E-state index in [0.717, 1.165) is 35.5 Å². The Morgan fingerprint density at radius 3 is 2.82 bits per heavy atom. The summed E-state index contributed by atoms with van der Waals surface area (Å²) in [5.41, 5.74) is 3.69. The zero-order valence-electron chi connectivity index (χ0n) is 15.4. The van der Waals surface area contributed by atoms with Gasteiger partial charge in [0.1, 0.15) is 11.5 Å². The molecule has 0 fully saturated rings. The number of aryl methyl sites for hydroxylation is 1. The molecule has 4 rings (SSSR count). The molecular formula is C22H21ClN4O. The number of nitrogens with zero attached hydrogens (tertiary/aromatic N) is 3. The lowest BCUT2D eigenvalue weighted by Crippen LogP contribution is -2.36. The number of anilines is 2. The van der Waals surface area contributed by atoms with E-state index >= 15 is 0 Å². The van der Waals surface area contributed by atoms with E-state index < -0.39 is 0 Å². The summed E-state index contributed by atoms with van der Waals surface area (Å²) in [4.78, 5) is 23.4. The number of para-hydroxylation sites is 1. The van der Waals surface area contributed by atoms with Gasteiger partial charge in [-0.3, -0.25) is 4.79 Å². The number of carbonyl (C=O) groups excluding carboxylic acids is 1. The minimum atomic E-state index is -0.106. The number of amides is 1. The molecule has 0 bridgehead atoms. The lowest BCUT2D eigenvalue weighted by Gasteiger charge is -2.29. The Hall–Kier alpha value is -2.92. The second kappa shape index (κ2) is 8.40. The van der Waals surface area contributed by atoms with Crippen molar-refractivity contribution in [3.63, 3.8) is 0 Å². The Kier molecular flexibility index (Phi) is 5.53. The third-order valence-electron chi connectivity index (χ3n) is 4.84. The summed E-state index contributed by atoms with van der Waals surface area (Å²) in [6.45, 7) is 1.42. The molecule has 28 heavy (non-hydrogen) atoms. The molecule has 5 nitrogen and oxygen atoms in total. The van der Waals surface area contributed by atoms with E-state index in [1.807, 2.05) is 42.5 Å². The fourth-order valence-electron chi connectivity index (χ4n) is 3.44. The van der Waals surface area contributed by atoms with Crippen molar-refractivity contribution in [1.82, 2.24) is 9.97 Å². The van der Waals surface area contributed by atoms with Gasteiger partial charge in [-0.05, 0) is 48.6 Å². The van der Waals surface area contributed by atoms with Crippen molar-refractivity contribution in [3.05, 3.63) is 82.8 Å². The smallest absolute Gasteiger partial charge is 0.278 e. The van der Waals surface area contributed by atoms with Crippen molar-refractivity contribution in [2.24, 2.45) is 0 Å². The minimum absolute atomic E-state index is 0.106. The van der Waals surface area contributed by atoms with Crippen LogP contribution in [0.2, 0.25) is 5.02 Å². The molecule has 0 aliphatic carbocycles. The van der Waals surface area contributed by atoms with Crippen LogP contribution in [0.5, 0.6) is 0 Å². The van der Waals surface area contributed by atoms with Crippen molar-refractivity contribution in [3.8, 4) is 0 Å². The summed E-state index contributed by atoms with van der Waals surface area (Å²) in [6.07, 6.45) is 5.94. The SMILES string of the molecule is O=C(c1cnc(NCCc2cccc(Cl)c2)cn1)N1CCCc2ccccc21. The van der Waals surface area contributed by atoms with Crippen LogP contribution in [0, 0.1) is 0 Å². The Morgan fingerprint density at radius 2 is 2.00 bits per heavy atom. The highest BCUT2D eigenvalue weighted by Crippen LogP contribution is 2.27. The van der Waals surface area contributed by atoms with Gasteiger partial charge in [-0.15, -0.1) is 0 Å². The summed E-state index contributed by atoms with van der Waals surface area (Å²) in [5.74, 6) is 0.544. The highest BCUT2D eigenvalue weighted by Gasteiger charge is 2.24. The average Bonchev–Trinajstić information content (AvgIpc) is 2.73. The normalized spacial score (nSPS) is 13.1. The van der Waals surface area contributed by atoms with Crippen LogP contribution in [0.4, 0.5) is 11.5 Å². The van der Waals surface area contributed by atoms with Gasteiger partial charge in [0.05, 0.1) is 12.4 Å². The fraction of sp³-hybridized carbons (Fsp3) is 0.227. The summed E-state index contributed by atoms with van der Waals surface area (Å²) in [7, 11) is 0. The third-order valence-corrected chi connectivity index (χ3v) is 5.07. The van der Waals surface area contributed by atoms with Crippen LogP contribution in [0.3, 0.4) is 0 Å². The number of carbonyl (C=O) groups is 1. The highest BCUT2D eigenvalue weighted by molar-refractivity contribution is 6.30. The molecule has 0 saturated carbocycles. The van der Waals surface area contributed by atoms with Gasteiger partial charge in [-0.1, -0.05) is 41.9 Å². The predicted molar refractivity (Wildman–Crippen MR) is 112 cm³/mol. The van der Waals surface area contributed by atoms with Crippen LogP contribution in [-0.4, -0.2) is 29.0 Å². The van der Waals surface area contributed by atoms with Crippen LogP contribution >= 0.6 is 11.6 Å². The molecule has 6 heteroatoms. The monoisotopic (exact) mass is 392 g/mol. The summed E-state index contributed by atoms with van der Waals surface area (Å²) < 4.78 is 0. The number of benzene rings is 2. The maximum absolute atomic E-state index is 12.9. The van der Waals surface area contributed by atoms with E-state index in [9.17, 15) is 4.79 Å². The molecule has 0 spiro atoms. The van der Waals surface area contributed by atoms with E-state index in [2.05, 4.69) is 21.4 Å². The topological polar surface area (TPSA) is 58.1 Å². The molecule has 2 aromatic carbocycles. The number of hydrogen-bond donors (Lipinski definition) is 1. The summed E-state index contributed by atoms with van der Waals surface area (Å²) >= 11 is 6.00. The fourth-order valence-corrected chi connectivity index (χ4v) is 3.65. The number of halogens is 1. The molecular weight excluding hydrogens is 372 g/mol. The first-order valence-electron chi connectivity index (χ1n) is 9.41. The lowest BCUT2D eigenvalue weighted by molar-refractivity contribution is 0.0980. The standard InChI is InChI=1S/C22H21ClN4O/c23-18-8-3-5-16(13-18)10-11-24-21-15-25-19(14-26-21)22(28)27-12-4-7-17-6-1-2-9-20(17)27/h1-3,5-6,8-9,13-15H,4,7,10-12H2,(H,24,26). The maximum atomic E-state index is 12.9. The molecule has 0 radical (unpaired) electrons. The van der Waals surface area contributed by atoms with E-state index in [1.54, 1.807) is 17.3 Å². The van der Waals surface area contributed by atoms with Gasteiger partial charge in [0.2, 0.25) is 0 Å². The second-order valence-electron chi connectivity index (χ2n) is 6.78. The zero-order valence-corrected chi connectivity index (χ0v) is 16.2. The quantitative estimate of drug-likeness (QED) is 0.700. The molecule has 1 amide bonds. The van der Waals surface area contributed by atoms with Crippen molar-refractivity contribution in [2.75, 3.05) is 23.3 Å². The Morgan fingerprint density at radius 1 is 1.11 bits per heavy atom. The van der Waals surface area contributed by atoms with E-state index in [4.69, 9.17) is 11.6 Å². The van der Waals surface area contributed by atoms with Gasteiger partial charge in [-0.25, -0.2) is 9.97 Å². The van der Waals surface area contributed by atoms with Crippen LogP contribution < -0.4 is 10.2 Å². The van der Waals surface area contributed by atoms with Crippen LogP contribution in [0.25, 0.3) is 0 Å². The van der Waals surface area contributed by atoms with Crippen molar-refractivity contribution in [2.45, 2.75) is 19.3 Å². The summed E-state index contributed by atoms with van der Waals surface area (Å²) in [5, 5.41) is 3.97. The number of rotatable bonds is 5. The number of aromatic nitrogens is 2. The van der Waals surface area contributed by atoms with E-state index in [1.165, 1.54) is 5.56 Å². The van der Waals surface area contributed by atoms with E-state index in [-0.39, 0.29) is 5.91 Å². The molecule has 3 aromatic rings. The molecule has 0 atom stereocenters. The highest BCUT2D eigenvalue weighted by atomic mass is 35.5. The largest absolute Gasteiger partial charge is 0.368 e. The van der Waals surface area contributed by atoms with Crippen molar-refractivity contribution in [1.29, 1.82) is 0 Å². The molecule has 2 heterocycles. The van der Waals surface area contributed by atoms with Crippen LogP contribution in [-0.2, 0) is 12.8 Å². The number of fused-ring (bicyclic) bond motifs is 1. The molecule has 1 aliphatic heterocycles. The Bertz CT molecular complexity index is 974. The second-order valence-corrected chi connectivity index (χ2v) is 7.22. The number of nitrogens with one attached hydrogen (secondary N) is 1. The van der Waals surface area contributed by atoms with Gasteiger partial charge < -0.3 is 10.2 Å². The van der Waals surface area contributed by atoms with Gasteiger partial charge in [0.15, 0.2) is 0 Å². The van der Waals surface area contributed by atoms with Crippen LogP contribution in [0.1, 0.15) is 28.0 Å². The first kappa shape index (κ1) is 18.4. The van der Waals surface area contributed by atoms with Gasteiger partial charge >= 0.3 is 0 Å². The van der Waals surface area contributed by atoms with Crippen LogP contribution in [0.15, 0.2) is 60.9 Å². The molecule has 1 aromatic heterocycles. The Balaban J connectivity index is 1.39. The molecule has 0 unspecified atom stereocenters. The van der Waals surface area contributed by atoms with Gasteiger partial charge in [-0.2, -0.15) is 0 Å². The molecule has 1 aliphatic rings. The predicted octanol–water partition coefficient (Wildman–Crippen LogP) is 4.38. The maximum Gasteiger partial charge on any atom is 0.278 e. The van der Waals surface area contributed by atoms with Gasteiger partial charge in [0.25, 0.3) is 5.91 Å².